The maximum atomic E-state index is 2.29. The minimum absolute atomic E-state index is 1.05. The van der Waals surface area contributed by atoms with Gasteiger partial charge in [-0.3, -0.25) is 0 Å². The zero-order valence-electron chi connectivity index (χ0n) is 12.7. The molecule has 0 fully saturated rings. The Balaban J connectivity index is 2.15. The third-order valence-electron chi connectivity index (χ3n) is 4.46. The lowest BCUT2D eigenvalue weighted by Gasteiger charge is -2.14. The Labute approximate surface area is 131 Å². The van der Waals surface area contributed by atoms with Gasteiger partial charge in [-0.2, -0.15) is 0 Å². The van der Waals surface area contributed by atoms with Crippen molar-refractivity contribution in [2.75, 3.05) is 0 Å². The highest BCUT2D eigenvalue weighted by atomic mass is 14.1. The molecule has 0 nitrogen and oxygen atoms in total. The monoisotopic (exact) mass is 282 g/mol. The first kappa shape index (κ1) is 13.1. The molecule has 4 aromatic carbocycles. The number of hydrogen-bond acceptors (Lipinski definition) is 0. The van der Waals surface area contributed by atoms with E-state index in [9.17, 15) is 0 Å². The minimum Gasteiger partial charge on any atom is -0.0622 e. The first-order chi connectivity index (χ1) is 10.9. The SMILES string of the molecule is CCc1ccc2c(ccc3ccccc32)c1-c1ccccc1. The fourth-order valence-corrected chi connectivity index (χ4v) is 3.37. The van der Waals surface area contributed by atoms with E-state index in [4.69, 9.17) is 0 Å². The van der Waals surface area contributed by atoms with Crippen LogP contribution in [0.1, 0.15) is 12.5 Å². The maximum Gasteiger partial charge on any atom is -0.00732 e. The Kier molecular flexibility index (Phi) is 3.16. The van der Waals surface area contributed by atoms with E-state index in [1.807, 2.05) is 0 Å². The highest BCUT2D eigenvalue weighted by Crippen LogP contribution is 2.35. The Morgan fingerprint density at radius 1 is 0.591 bits per heavy atom. The van der Waals surface area contributed by atoms with E-state index in [-0.39, 0.29) is 0 Å². The molecule has 0 bridgehead atoms. The lowest BCUT2D eigenvalue weighted by atomic mass is 9.90. The molecule has 0 heterocycles. The van der Waals surface area contributed by atoms with Crippen molar-refractivity contribution in [3.8, 4) is 11.1 Å². The number of hydrogen-bond donors (Lipinski definition) is 0. The molecule has 0 unspecified atom stereocenters. The van der Waals surface area contributed by atoms with Crippen LogP contribution in [0, 0.1) is 0 Å². The highest BCUT2D eigenvalue weighted by molar-refractivity contribution is 6.12. The molecule has 0 aromatic heterocycles. The predicted molar refractivity (Wildman–Crippen MR) is 96.3 cm³/mol. The number of aryl methyl sites for hydroxylation is 1. The first-order valence-electron chi connectivity index (χ1n) is 7.87. The minimum atomic E-state index is 1.05. The fourth-order valence-electron chi connectivity index (χ4n) is 3.37. The second kappa shape index (κ2) is 5.31. The molecule has 0 spiro atoms. The van der Waals surface area contributed by atoms with Crippen LogP contribution in [0.3, 0.4) is 0 Å². The van der Waals surface area contributed by atoms with Crippen LogP contribution in [0.5, 0.6) is 0 Å². The molecular formula is C22H18. The van der Waals surface area contributed by atoms with E-state index < -0.39 is 0 Å². The van der Waals surface area contributed by atoms with Crippen molar-refractivity contribution in [2.45, 2.75) is 13.3 Å². The Morgan fingerprint density at radius 3 is 2.14 bits per heavy atom. The summed E-state index contributed by atoms with van der Waals surface area (Å²) in [4.78, 5) is 0. The van der Waals surface area contributed by atoms with Gasteiger partial charge in [0.15, 0.2) is 0 Å². The van der Waals surface area contributed by atoms with Gasteiger partial charge in [-0.25, -0.2) is 0 Å². The molecular weight excluding hydrogens is 264 g/mol. The summed E-state index contributed by atoms with van der Waals surface area (Å²) in [5, 5.41) is 5.33. The molecule has 0 aliphatic rings. The Morgan fingerprint density at radius 2 is 1.32 bits per heavy atom. The van der Waals surface area contributed by atoms with E-state index >= 15 is 0 Å². The summed E-state index contributed by atoms with van der Waals surface area (Å²) in [5.74, 6) is 0. The zero-order valence-corrected chi connectivity index (χ0v) is 12.7. The van der Waals surface area contributed by atoms with Gasteiger partial charge in [-0.15, -0.1) is 0 Å². The van der Waals surface area contributed by atoms with Crippen LogP contribution in [0.4, 0.5) is 0 Å². The summed E-state index contributed by atoms with van der Waals surface area (Å²) in [6, 6.07) is 28.5. The summed E-state index contributed by atoms with van der Waals surface area (Å²) >= 11 is 0. The molecule has 106 valence electrons. The third kappa shape index (κ3) is 2.00. The van der Waals surface area contributed by atoms with E-state index in [2.05, 4.69) is 85.8 Å². The van der Waals surface area contributed by atoms with Crippen LogP contribution in [-0.4, -0.2) is 0 Å². The second-order valence-corrected chi connectivity index (χ2v) is 5.70. The average molecular weight is 282 g/mol. The van der Waals surface area contributed by atoms with E-state index in [1.165, 1.54) is 38.2 Å². The van der Waals surface area contributed by atoms with Crippen molar-refractivity contribution in [1.82, 2.24) is 0 Å². The van der Waals surface area contributed by atoms with Gasteiger partial charge in [0.1, 0.15) is 0 Å². The van der Waals surface area contributed by atoms with Crippen LogP contribution in [0.25, 0.3) is 32.7 Å². The quantitative estimate of drug-likeness (QED) is 0.383. The van der Waals surface area contributed by atoms with Crippen molar-refractivity contribution >= 4 is 21.5 Å². The van der Waals surface area contributed by atoms with Crippen LogP contribution >= 0.6 is 0 Å². The number of fused-ring (bicyclic) bond motifs is 3. The van der Waals surface area contributed by atoms with Crippen molar-refractivity contribution < 1.29 is 0 Å². The molecule has 0 aliphatic carbocycles. The molecule has 0 N–H and O–H groups in total. The Hall–Kier alpha value is -2.60. The Bertz CT molecular complexity index is 949. The first-order valence-corrected chi connectivity index (χ1v) is 7.87. The average Bonchev–Trinajstić information content (AvgIpc) is 2.61. The molecule has 0 atom stereocenters. The normalized spacial score (nSPS) is 11.1. The molecule has 0 saturated heterocycles. The van der Waals surface area contributed by atoms with Gasteiger partial charge in [0.25, 0.3) is 0 Å². The second-order valence-electron chi connectivity index (χ2n) is 5.70. The van der Waals surface area contributed by atoms with E-state index in [1.54, 1.807) is 0 Å². The van der Waals surface area contributed by atoms with Crippen molar-refractivity contribution in [3.63, 3.8) is 0 Å². The summed E-state index contributed by atoms with van der Waals surface area (Å²) in [7, 11) is 0. The van der Waals surface area contributed by atoms with Crippen molar-refractivity contribution in [3.05, 3.63) is 84.4 Å². The number of rotatable bonds is 2. The van der Waals surface area contributed by atoms with Gasteiger partial charge in [0.2, 0.25) is 0 Å². The third-order valence-corrected chi connectivity index (χ3v) is 4.46. The van der Waals surface area contributed by atoms with Crippen LogP contribution < -0.4 is 0 Å². The summed E-state index contributed by atoms with van der Waals surface area (Å²) in [6.07, 6.45) is 1.05. The highest BCUT2D eigenvalue weighted by Gasteiger charge is 2.10. The van der Waals surface area contributed by atoms with Gasteiger partial charge >= 0.3 is 0 Å². The van der Waals surface area contributed by atoms with Gasteiger partial charge in [-0.05, 0) is 44.7 Å². The fraction of sp³-hybridized carbons (Fsp3) is 0.0909. The summed E-state index contributed by atoms with van der Waals surface area (Å²) < 4.78 is 0. The van der Waals surface area contributed by atoms with Crippen molar-refractivity contribution in [2.24, 2.45) is 0 Å². The largest absolute Gasteiger partial charge is 0.0622 e. The van der Waals surface area contributed by atoms with Crippen LogP contribution in [0.15, 0.2) is 78.9 Å². The lowest BCUT2D eigenvalue weighted by Crippen LogP contribution is -1.90. The van der Waals surface area contributed by atoms with Gasteiger partial charge < -0.3 is 0 Å². The molecule has 0 saturated carbocycles. The molecule has 0 radical (unpaired) electrons. The smallest absolute Gasteiger partial charge is 0.00732 e. The van der Waals surface area contributed by atoms with Gasteiger partial charge in [0, 0.05) is 0 Å². The number of benzene rings is 4. The molecule has 22 heavy (non-hydrogen) atoms. The van der Waals surface area contributed by atoms with Gasteiger partial charge in [0.05, 0.1) is 0 Å². The van der Waals surface area contributed by atoms with Crippen molar-refractivity contribution in [1.29, 1.82) is 0 Å². The topological polar surface area (TPSA) is 0 Å². The maximum absolute atomic E-state index is 2.29. The van der Waals surface area contributed by atoms with Gasteiger partial charge in [-0.1, -0.05) is 85.8 Å². The summed E-state index contributed by atoms with van der Waals surface area (Å²) in [5.41, 5.74) is 4.10. The molecule has 0 heteroatoms. The van der Waals surface area contributed by atoms with Crippen LogP contribution in [0.2, 0.25) is 0 Å². The molecule has 4 rings (SSSR count). The predicted octanol–water partition coefficient (Wildman–Crippen LogP) is 6.22. The van der Waals surface area contributed by atoms with E-state index in [0.717, 1.165) is 6.42 Å². The van der Waals surface area contributed by atoms with Crippen LogP contribution in [-0.2, 0) is 6.42 Å². The molecule has 0 aliphatic heterocycles. The summed E-state index contributed by atoms with van der Waals surface area (Å²) in [6.45, 7) is 2.23. The molecule has 4 aromatic rings. The standard InChI is InChI=1S/C22H18/c1-2-16-12-14-20-19-11-7-6-8-17(19)13-15-21(20)22(16)18-9-4-3-5-10-18/h3-15H,2H2,1H3. The zero-order chi connectivity index (χ0) is 14.9. The van der Waals surface area contributed by atoms with E-state index in [0.29, 0.717) is 0 Å². The lowest BCUT2D eigenvalue weighted by molar-refractivity contribution is 1.15. The molecule has 0 amide bonds.